The van der Waals surface area contributed by atoms with Crippen molar-refractivity contribution >= 4 is 73.5 Å². The SMILES string of the molecule is O=C1/C(=C/c2ccc(OCc3ccccc3Cl)cc2)SC(=S)N1c1ccc(Br)cc1. The first-order valence-corrected chi connectivity index (χ1v) is 11.4. The highest BCUT2D eigenvalue weighted by Crippen LogP contribution is 2.36. The summed E-state index contributed by atoms with van der Waals surface area (Å²) < 4.78 is 7.28. The Labute approximate surface area is 197 Å². The number of nitrogens with zero attached hydrogens (tertiary/aromatic N) is 1. The largest absolute Gasteiger partial charge is 0.489 e. The number of carbonyl (C=O) groups is 1. The Morgan fingerprint density at radius 2 is 1.73 bits per heavy atom. The Hall–Kier alpha value is -2.12. The maximum absolute atomic E-state index is 12.9. The van der Waals surface area contributed by atoms with Crippen LogP contribution in [0.1, 0.15) is 11.1 Å². The van der Waals surface area contributed by atoms with Crippen LogP contribution in [0.2, 0.25) is 5.02 Å². The van der Waals surface area contributed by atoms with Crippen molar-refractivity contribution in [2.75, 3.05) is 4.90 Å². The molecule has 4 rings (SSSR count). The Bertz CT molecular complexity index is 1130. The smallest absolute Gasteiger partial charge is 0.270 e. The highest BCUT2D eigenvalue weighted by Gasteiger charge is 2.33. The fraction of sp³-hybridized carbons (Fsp3) is 0.0435. The van der Waals surface area contributed by atoms with Crippen LogP contribution in [-0.2, 0) is 11.4 Å². The van der Waals surface area contributed by atoms with E-state index < -0.39 is 0 Å². The molecule has 0 radical (unpaired) electrons. The Morgan fingerprint density at radius 3 is 2.43 bits per heavy atom. The quantitative estimate of drug-likeness (QED) is 0.267. The van der Waals surface area contributed by atoms with Gasteiger partial charge in [0.15, 0.2) is 4.32 Å². The van der Waals surface area contributed by atoms with Gasteiger partial charge in [0.05, 0.1) is 10.6 Å². The average Bonchev–Trinajstić information content (AvgIpc) is 3.02. The zero-order valence-electron chi connectivity index (χ0n) is 15.5. The van der Waals surface area contributed by atoms with E-state index in [2.05, 4.69) is 15.9 Å². The number of benzene rings is 3. The fourth-order valence-corrected chi connectivity index (χ4v) is 4.62. The van der Waals surface area contributed by atoms with E-state index in [9.17, 15) is 4.79 Å². The van der Waals surface area contributed by atoms with E-state index in [4.69, 9.17) is 28.6 Å². The van der Waals surface area contributed by atoms with Gasteiger partial charge in [-0.3, -0.25) is 9.69 Å². The molecule has 1 aliphatic heterocycles. The van der Waals surface area contributed by atoms with Crippen molar-refractivity contribution < 1.29 is 9.53 Å². The first kappa shape index (κ1) is 21.1. The molecule has 0 saturated carbocycles. The van der Waals surface area contributed by atoms with Gasteiger partial charge in [0.25, 0.3) is 5.91 Å². The second kappa shape index (κ2) is 9.35. The van der Waals surface area contributed by atoms with Crippen LogP contribution in [0.25, 0.3) is 6.08 Å². The molecule has 0 bridgehead atoms. The van der Waals surface area contributed by atoms with Crippen LogP contribution >= 0.6 is 51.5 Å². The Kier molecular flexibility index (Phi) is 6.58. The normalized spacial score (nSPS) is 15.1. The summed E-state index contributed by atoms with van der Waals surface area (Å²) in [5.41, 5.74) is 2.59. The molecule has 0 aromatic heterocycles. The molecule has 0 aliphatic carbocycles. The number of hydrogen-bond donors (Lipinski definition) is 0. The molecule has 0 N–H and O–H groups in total. The predicted octanol–water partition coefficient (Wildman–Crippen LogP) is 7.09. The van der Waals surface area contributed by atoms with Crippen LogP contribution in [-0.4, -0.2) is 10.2 Å². The Morgan fingerprint density at radius 1 is 1.03 bits per heavy atom. The van der Waals surface area contributed by atoms with E-state index in [1.807, 2.05) is 78.9 Å². The van der Waals surface area contributed by atoms with Gasteiger partial charge in [0, 0.05) is 15.1 Å². The minimum Gasteiger partial charge on any atom is -0.489 e. The van der Waals surface area contributed by atoms with Gasteiger partial charge < -0.3 is 4.74 Å². The molecule has 1 amide bonds. The van der Waals surface area contributed by atoms with Crippen LogP contribution in [0.4, 0.5) is 5.69 Å². The number of thioether (sulfide) groups is 1. The first-order chi connectivity index (χ1) is 14.5. The molecule has 0 unspecified atom stereocenters. The van der Waals surface area contributed by atoms with Crippen LogP contribution in [0.5, 0.6) is 5.75 Å². The van der Waals surface area contributed by atoms with E-state index in [1.165, 1.54) is 11.8 Å². The number of ether oxygens (including phenoxy) is 1. The number of thiocarbonyl (C=S) groups is 1. The third-order valence-electron chi connectivity index (χ3n) is 4.41. The van der Waals surface area contributed by atoms with Crippen molar-refractivity contribution in [2.45, 2.75) is 6.61 Å². The van der Waals surface area contributed by atoms with Crippen LogP contribution in [0.15, 0.2) is 82.2 Å². The van der Waals surface area contributed by atoms with Crippen LogP contribution < -0.4 is 9.64 Å². The summed E-state index contributed by atoms with van der Waals surface area (Å²) in [6.45, 7) is 0.394. The molecule has 150 valence electrons. The first-order valence-electron chi connectivity index (χ1n) is 9.01. The third kappa shape index (κ3) is 4.78. The number of anilines is 1. The highest BCUT2D eigenvalue weighted by molar-refractivity contribution is 9.10. The number of halogens is 2. The number of carbonyl (C=O) groups excluding carboxylic acids is 1. The van der Waals surface area contributed by atoms with E-state index >= 15 is 0 Å². The standard InChI is InChI=1S/C23H15BrClNO2S2/c24-17-7-9-18(10-8-17)26-22(27)21(30-23(26)29)13-15-5-11-19(12-6-15)28-14-16-3-1-2-4-20(16)25/h1-13H,14H2/b21-13-. The van der Waals surface area contributed by atoms with Crippen molar-refractivity contribution in [3.63, 3.8) is 0 Å². The summed E-state index contributed by atoms with van der Waals surface area (Å²) in [6.07, 6.45) is 1.84. The zero-order chi connectivity index (χ0) is 21.1. The summed E-state index contributed by atoms with van der Waals surface area (Å²) >= 11 is 16.3. The minimum atomic E-state index is -0.119. The molecule has 7 heteroatoms. The van der Waals surface area contributed by atoms with Gasteiger partial charge in [0.2, 0.25) is 0 Å². The van der Waals surface area contributed by atoms with Crippen molar-refractivity contribution in [2.24, 2.45) is 0 Å². The lowest BCUT2D eigenvalue weighted by Gasteiger charge is -2.14. The van der Waals surface area contributed by atoms with Gasteiger partial charge in [-0.2, -0.15) is 0 Å². The van der Waals surface area contributed by atoms with Crippen molar-refractivity contribution in [3.05, 3.63) is 98.3 Å². The van der Waals surface area contributed by atoms with Gasteiger partial charge >= 0.3 is 0 Å². The second-order valence-electron chi connectivity index (χ2n) is 6.44. The lowest BCUT2D eigenvalue weighted by molar-refractivity contribution is -0.113. The van der Waals surface area contributed by atoms with Gasteiger partial charge in [0.1, 0.15) is 12.4 Å². The van der Waals surface area contributed by atoms with Crippen molar-refractivity contribution in [1.29, 1.82) is 0 Å². The molecule has 30 heavy (non-hydrogen) atoms. The summed E-state index contributed by atoms with van der Waals surface area (Å²) in [4.78, 5) is 15.0. The minimum absolute atomic E-state index is 0.119. The molecule has 0 spiro atoms. The second-order valence-corrected chi connectivity index (χ2v) is 9.44. The lowest BCUT2D eigenvalue weighted by atomic mass is 10.2. The summed E-state index contributed by atoms with van der Waals surface area (Å²) in [5, 5.41) is 0.682. The number of rotatable bonds is 5. The van der Waals surface area contributed by atoms with Crippen molar-refractivity contribution in [3.8, 4) is 5.75 Å². The maximum Gasteiger partial charge on any atom is 0.270 e. The molecular weight excluding hydrogens is 502 g/mol. The molecule has 3 nitrogen and oxygen atoms in total. The fourth-order valence-electron chi connectivity index (χ4n) is 2.87. The number of hydrogen-bond acceptors (Lipinski definition) is 4. The van der Waals surface area contributed by atoms with E-state index in [1.54, 1.807) is 4.90 Å². The van der Waals surface area contributed by atoms with Gasteiger partial charge in [-0.1, -0.05) is 81.8 Å². The highest BCUT2D eigenvalue weighted by atomic mass is 79.9. The van der Waals surface area contributed by atoms with E-state index in [-0.39, 0.29) is 5.91 Å². The van der Waals surface area contributed by atoms with Gasteiger partial charge in [-0.05, 0) is 54.1 Å². The van der Waals surface area contributed by atoms with Crippen molar-refractivity contribution in [1.82, 2.24) is 0 Å². The number of amides is 1. The van der Waals surface area contributed by atoms with Gasteiger partial charge in [-0.15, -0.1) is 0 Å². The molecular formula is C23H15BrClNO2S2. The molecule has 1 fully saturated rings. The molecule has 1 saturated heterocycles. The molecule has 3 aromatic rings. The van der Waals surface area contributed by atoms with E-state index in [0.29, 0.717) is 20.9 Å². The maximum atomic E-state index is 12.9. The monoisotopic (exact) mass is 515 g/mol. The molecule has 0 atom stereocenters. The molecule has 3 aromatic carbocycles. The summed E-state index contributed by atoms with van der Waals surface area (Å²) in [7, 11) is 0. The Balaban J connectivity index is 1.46. The lowest BCUT2D eigenvalue weighted by Crippen LogP contribution is -2.27. The molecule has 1 aliphatic rings. The molecule has 1 heterocycles. The predicted molar refractivity (Wildman–Crippen MR) is 132 cm³/mol. The van der Waals surface area contributed by atoms with Crippen LogP contribution in [0.3, 0.4) is 0 Å². The zero-order valence-corrected chi connectivity index (χ0v) is 19.5. The summed E-state index contributed by atoms with van der Waals surface area (Å²) in [5.74, 6) is 0.612. The topological polar surface area (TPSA) is 29.5 Å². The van der Waals surface area contributed by atoms with Gasteiger partial charge in [-0.25, -0.2) is 0 Å². The average molecular weight is 517 g/mol. The summed E-state index contributed by atoms with van der Waals surface area (Å²) in [6, 6.07) is 22.7. The third-order valence-corrected chi connectivity index (χ3v) is 6.61. The van der Waals surface area contributed by atoms with E-state index in [0.717, 1.165) is 27.0 Å². The van der Waals surface area contributed by atoms with Crippen LogP contribution in [0, 0.1) is 0 Å².